The Bertz CT molecular complexity index is 39.0. The zero-order chi connectivity index (χ0) is 5.86. The van der Waals surface area contributed by atoms with Crippen molar-refractivity contribution in [3.63, 3.8) is 0 Å². The minimum absolute atomic E-state index is 0.963. The summed E-state index contributed by atoms with van der Waals surface area (Å²) in [5.41, 5.74) is 0. The Labute approximate surface area is 44.4 Å². The maximum absolute atomic E-state index is 5.00. The summed E-state index contributed by atoms with van der Waals surface area (Å²) < 4.78 is 0. The van der Waals surface area contributed by atoms with Crippen molar-refractivity contribution in [2.75, 3.05) is 28.2 Å². The van der Waals surface area contributed by atoms with Gasteiger partial charge in [-0.2, -0.15) is 5.06 Å². The molecule has 0 saturated heterocycles. The highest BCUT2D eigenvalue weighted by Gasteiger charge is 1.91. The molecule has 0 aromatic heterocycles. The molecule has 44 valence electrons. The molecule has 0 fully saturated rings. The van der Waals surface area contributed by atoms with Gasteiger partial charge in [0.1, 0.15) is 0 Å². The summed E-state index contributed by atoms with van der Waals surface area (Å²) in [6.07, 6.45) is 0. The first-order chi connectivity index (χ1) is 3.13. The molecule has 7 heavy (non-hydrogen) atoms. The van der Waals surface area contributed by atoms with Crippen LogP contribution in [0.3, 0.4) is 0 Å². The van der Waals surface area contributed by atoms with E-state index in [1.807, 2.05) is 28.2 Å². The van der Waals surface area contributed by atoms with Crippen LogP contribution in [0.25, 0.3) is 0 Å². The third kappa shape index (κ3) is 5.88. The summed E-state index contributed by atoms with van der Waals surface area (Å²) in [4.78, 5) is 5.00. The van der Waals surface area contributed by atoms with E-state index < -0.39 is 0 Å². The van der Waals surface area contributed by atoms with Gasteiger partial charge >= 0.3 is 0 Å². The minimum atomic E-state index is 0.963. The second kappa shape index (κ2) is 2.96. The lowest BCUT2D eigenvalue weighted by molar-refractivity contribution is -1.09. The van der Waals surface area contributed by atoms with E-state index in [-0.39, 0.29) is 0 Å². The van der Waals surface area contributed by atoms with Crippen LogP contribution in [0.1, 0.15) is 0 Å². The van der Waals surface area contributed by atoms with Gasteiger partial charge in [-0.3, -0.25) is 0 Å². The fourth-order valence-electron chi connectivity index (χ4n) is 0.365. The van der Waals surface area contributed by atoms with E-state index in [1.54, 1.807) is 5.06 Å². The lowest BCUT2D eigenvalue weighted by atomic mass is 11.2. The molecule has 0 aromatic rings. The molecule has 0 spiro atoms. The minimum Gasteiger partial charge on any atom is -0.175 e. The average Bonchev–Trinajstić information content (AvgIpc) is 1.27. The summed E-state index contributed by atoms with van der Waals surface area (Å²) in [7, 11) is 7.54. The topological polar surface area (TPSA) is 16.9 Å². The highest BCUT2D eigenvalue weighted by molar-refractivity contribution is 3.94. The predicted molar refractivity (Wildman–Crippen MR) is 27.6 cm³/mol. The molecular weight excluding hydrogens is 92.1 g/mol. The standard InChI is InChI=1S/C4H12N2O/c1-5(2)7-6(3)4/h1-4H3/p+1. The maximum atomic E-state index is 5.00. The van der Waals surface area contributed by atoms with Crippen LogP contribution in [0.2, 0.25) is 0 Å². The van der Waals surface area contributed by atoms with Gasteiger partial charge in [0.2, 0.25) is 0 Å². The van der Waals surface area contributed by atoms with Crippen LogP contribution in [0.15, 0.2) is 0 Å². The smallest absolute Gasteiger partial charge is 0.0983 e. The molecular formula is C4H13N2O+. The number of hydrogen-bond donors (Lipinski definition) is 1. The van der Waals surface area contributed by atoms with E-state index in [0.29, 0.717) is 0 Å². The first-order valence-corrected chi connectivity index (χ1v) is 2.28. The third-order valence-electron chi connectivity index (χ3n) is 0.365. The fraction of sp³-hybridized carbons (Fsp3) is 1.00. The second-order valence-electron chi connectivity index (χ2n) is 1.81. The molecule has 3 heteroatoms. The lowest BCUT2D eigenvalue weighted by Gasteiger charge is -2.09. The number of rotatable bonds is 2. The van der Waals surface area contributed by atoms with Gasteiger partial charge in [-0.25, -0.2) is 0 Å². The zero-order valence-electron chi connectivity index (χ0n) is 5.36. The molecule has 0 aliphatic heterocycles. The zero-order valence-corrected chi connectivity index (χ0v) is 5.36. The van der Waals surface area contributed by atoms with Crippen molar-refractivity contribution in [1.29, 1.82) is 0 Å². The highest BCUT2D eigenvalue weighted by atomic mass is 16.8. The van der Waals surface area contributed by atoms with Gasteiger partial charge in [0.05, 0.1) is 14.1 Å². The Morgan fingerprint density at radius 1 is 1.29 bits per heavy atom. The summed E-state index contributed by atoms with van der Waals surface area (Å²) in [6, 6.07) is 0. The van der Waals surface area contributed by atoms with E-state index >= 15 is 0 Å². The number of quaternary nitrogens is 1. The fourth-order valence-corrected chi connectivity index (χ4v) is 0.365. The van der Waals surface area contributed by atoms with Crippen LogP contribution in [0.4, 0.5) is 0 Å². The molecule has 0 saturated carbocycles. The van der Waals surface area contributed by atoms with Crippen LogP contribution in [-0.2, 0) is 4.94 Å². The lowest BCUT2D eigenvalue weighted by Crippen LogP contribution is -3.05. The molecule has 0 amide bonds. The molecule has 0 radical (unpaired) electrons. The molecule has 0 aromatic carbocycles. The molecule has 0 unspecified atom stereocenters. The van der Waals surface area contributed by atoms with Crippen LogP contribution in [0, 0.1) is 0 Å². The predicted octanol–water partition coefficient (Wildman–Crippen LogP) is -1.46. The van der Waals surface area contributed by atoms with Crippen molar-refractivity contribution in [3.8, 4) is 0 Å². The Morgan fingerprint density at radius 2 is 1.71 bits per heavy atom. The Balaban J connectivity index is 2.95. The largest absolute Gasteiger partial charge is 0.175 e. The Morgan fingerprint density at radius 3 is 1.71 bits per heavy atom. The molecule has 0 heterocycles. The van der Waals surface area contributed by atoms with E-state index in [4.69, 9.17) is 4.94 Å². The summed E-state index contributed by atoms with van der Waals surface area (Å²) in [5.74, 6) is 0. The number of hydroxylamine groups is 4. The van der Waals surface area contributed by atoms with Crippen molar-refractivity contribution in [2.24, 2.45) is 0 Å². The molecule has 0 atom stereocenters. The molecule has 0 aliphatic carbocycles. The monoisotopic (exact) mass is 105 g/mol. The molecule has 1 N–H and O–H groups in total. The summed E-state index contributed by atoms with van der Waals surface area (Å²) in [6.45, 7) is 0. The normalized spacial score (nSPS) is 11.1. The van der Waals surface area contributed by atoms with E-state index in [9.17, 15) is 0 Å². The van der Waals surface area contributed by atoms with Gasteiger partial charge < -0.3 is 0 Å². The van der Waals surface area contributed by atoms with Crippen molar-refractivity contribution in [2.45, 2.75) is 0 Å². The van der Waals surface area contributed by atoms with Crippen LogP contribution in [-0.4, -0.2) is 33.3 Å². The van der Waals surface area contributed by atoms with Crippen molar-refractivity contribution in [1.82, 2.24) is 5.06 Å². The first kappa shape index (κ1) is 6.88. The van der Waals surface area contributed by atoms with Gasteiger partial charge in [0, 0.05) is 14.1 Å². The number of nitrogens with zero attached hydrogens (tertiary/aromatic N) is 1. The Kier molecular flexibility index (Phi) is 2.91. The number of hydrogen-bond acceptors (Lipinski definition) is 2. The Hall–Kier alpha value is -0.120. The number of nitrogens with one attached hydrogen (secondary N) is 1. The van der Waals surface area contributed by atoms with E-state index in [2.05, 4.69) is 0 Å². The van der Waals surface area contributed by atoms with Crippen molar-refractivity contribution < 1.29 is 10.0 Å². The van der Waals surface area contributed by atoms with Crippen LogP contribution >= 0.6 is 0 Å². The van der Waals surface area contributed by atoms with Gasteiger partial charge in [-0.05, 0) is 0 Å². The average molecular weight is 105 g/mol. The summed E-state index contributed by atoms with van der Waals surface area (Å²) in [5, 5.41) is 2.62. The molecule has 0 bridgehead atoms. The summed E-state index contributed by atoms with van der Waals surface area (Å²) >= 11 is 0. The van der Waals surface area contributed by atoms with Gasteiger partial charge in [-0.1, -0.05) is 0 Å². The van der Waals surface area contributed by atoms with Crippen molar-refractivity contribution in [3.05, 3.63) is 0 Å². The quantitative estimate of drug-likeness (QED) is 0.432. The third-order valence-corrected chi connectivity index (χ3v) is 0.365. The molecule has 0 rings (SSSR count). The SMILES string of the molecule is CN(C)O[NH+](C)C. The van der Waals surface area contributed by atoms with Gasteiger partial charge in [0.25, 0.3) is 0 Å². The van der Waals surface area contributed by atoms with E-state index in [0.717, 1.165) is 5.06 Å². The highest BCUT2D eigenvalue weighted by Crippen LogP contribution is 1.60. The van der Waals surface area contributed by atoms with Crippen LogP contribution in [0.5, 0.6) is 0 Å². The van der Waals surface area contributed by atoms with Gasteiger partial charge in [-0.15, -0.1) is 10.0 Å². The maximum Gasteiger partial charge on any atom is 0.0983 e. The molecule has 3 nitrogen and oxygen atoms in total. The second-order valence-corrected chi connectivity index (χ2v) is 1.81. The van der Waals surface area contributed by atoms with Gasteiger partial charge in [0.15, 0.2) is 0 Å². The molecule has 0 aliphatic rings. The van der Waals surface area contributed by atoms with Crippen LogP contribution < -0.4 is 5.06 Å². The first-order valence-electron chi connectivity index (χ1n) is 2.28. The van der Waals surface area contributed by atoms with Crippen molar-refractivity contribution >= 4 is 0 Å². The van der Waals surface area contributed by atoms with E-state index in [1.165, 1.54) is 0 Å².